The summed E-state index contributed by atoms with van der Waals surface area (Å²) < 4.78 is 5.67. The maximum Gasteiger partial charge on any atom is 0.251 e. The first-order chi connectivity index (χ1) is 11.4. The lowest BCUT2D eigenvalue weighted by Crippen LogP contribution is -2.25. The van der Waals surface area contributed by atoms with E-state index >= 15 is 0 Å². The van der Waals surface area contributed by atoms with Crippen molar-refractivity contribution in [2.45, 2.75) is 20.3 Å². The topological polar surface area (TPSA) is 99.0 Å². The number of ether oxygens (including phenoxy) is 1. The first kappa shape index (κ1) is 17.5. The zero-order valence-corrected chi connectivity index (χ0v) is 13.7. The minimum Gasteiger partial charge on any atom is -0.504 e. The number of phenols is 3. The average Bonchev–Trinajstić information content (AvgIpc) is 2.53. The zero-order chi connectivity index (χ0) is 17.7. The van der Waals surface area contributed by atoms with Crippen LogP contribution in [-0.4, -0.2) is 34.4 Å². The number of hydrogen-bond donors (Lipinski definition) is 4. The SMILES string of the molecule is Cc1ccc(OCCCNC(=O)c2cc(O)c(O)c(O)c2)c(C)c1. The Kier molecular flexibility index (Phi) is 5.52. The Morgan fingerprint density at radius 1 is 1.08 bits per heavy atom. The lowest BCUT2D eigenvalue weighted by molar-refractivity contribution is 0.0950. The number of phenolic OH excluding ortho intramolecular Hbond substituents is 3. The Morgan fingerprint density at radius 3 is 2.38 bits per heavy atom. The molecule has 4 N–H and O–H groups in total. The van der Waals surface area contributed by atoms with Gasteiger partial charge >= 0.3 is 0 Å². The van der Waals surface area contributed by atoms with Crippen molar-refractivity contribution in [1.29, 1.82) is 0 Å². The molecule has 0 radical (unpaired) electrons. The van der Waals surface area contributed by atoms with Gasteiger partial charge in [-0.2, -0.15) is 0 Å². The molecule has 0 saturated carbocycles. The quantitative estimate of drug-likeness (QED) is 0.482. The lowest BCUT2D eigenvalue weighted by Gasteiger charge is -2.10. The van der Waals surface area contributed by atoms with E-state index in [0.717, 1.165) is 23.4 Å². The summed E-state index contributed by atoms with van der Waals surface area (Å²) in [5, 5.41) is 30.7. The number of carbonyl (C=O) groups excluding carboxylic acids is 1. The highest BCUT2D eigenvalue weighted by Gasteiger charge is 2.13. The summed E-state index contributed by atoms with van der Waals surface area (Å²) in [5.41, 5.74) is 2.31. The summed E-state index contributed by atoms with van der Waals surface area (Å²) >= 11 is 0. The molecular formula is C18H21NO5. The highest BCUT2D eigenvalue weighted by Crippen LogP contribution is 2.35. The van der Waals surface area contributed by atoms with Gasteiger partial charge in [0.1, 0.15) is 5.75 Å². The molecule has 0 spiro atoms. The number of carbonyl (C=O) groups is 1. The van der Waals surface area contributed by atoms with Crippen LogP contribution in [-0.2, 0) is 0 Å². The van der Waals surface area contributed by atoms with Crippen molar-refractivity contribution < 1.29 is 24.9 Å². The fourth-order valence-corrected chi connectivity index (χ4v) is 2.25. The van der Waals surface area contributed by atoms with Gasteiger partial charge in [-0.1, -0.05) is 17.7 Å². The van der Waals surface area contributed by atoms with Crippen molar-refractivity contribution in [1.82, 2.24) is 5.32 Å². The van der Waals surface area contributed by atoms with Crippen LogP contribution in [0.15, 0.2) is 30.3 Å². The Morgan fingerprint density at radius 2 is 1.75 bits per heavy atom. The van der Waals surface area contributed by atoms with Gasteiger partial charge in [-0.05, 0) is 44.0 Å². The predicted octanol–water partition coefficient (Wildman–Crippen LogP) is 2.62. The molecule has 1 amide bonds. The molecule has 6 nitrogen and oxygen atoms in total. The van der Waals surface area contributed by atoms with Crippen LogP contribution in [0.4, 0.5) is 0 Å². The second kappa shape index (κ2) is 7.59. The number of amides is 1. The minimum absolute atomic E-state index is 0.0677. The average molecular weight is 331 g/mol. The number of rotatable bonds is 6. The van der Waals surface area contributed by atoms with E-state index in [1.54, 1.807) is 0 Å². The molecule has 0 fully saturated rings. The molecule has 2 aromatic carbocycles. The third-order valence-electron chi connectivity index (χ3n) is 3.53. The Labute approximate surface area is 140 Å². The standard InChI is InChI=1S/C18H21NO5/c1-11-4-5-16(12(2)8-11)24-7-3-6-19-18(23)13-9-14(20)17(22)15(21)10-13/h4-5,8-10,20-22H,3,6-7H2,1-2H3,(H,19,23). The van der Waals surface area contributed by atoms with Gasteiger partial charge in [0.2, 0.25) is 0 Å². The summed E-state index contributed by atoms with van der Waals surface area (Å²) in [4.78, 5) is 11.9. The number of aryl methyl sites for hydroxylation is 2. The Hall–Kier alpha value is -2.89. The molecule has 0 saturated heterocycles. The van der Waals surface area contributed by atoms with Crippen molar-refractivity contribution in [2.24, 2.45) is 0 Å². The van der Waals surface area contributed by atoms with Crippen molar-refractivity contribution in [3.05, 3.63) is 47.0 Å². The van der Waals surface area contributed by atoms with Gasteiger partial charge in [0.25, 0.3) is 5.91 Å². The molecule has 24 heavy (non-hydrogen) atoms. The molecule has 0 aromatic heterocycles. The first-order valence-corrected chi connectivity index (χ1v) is 7.61. The highest BCUT2D eigenvalue weighted by molar-refractivity contribution is 5.95. The van der Waals surface area contributed by atoms with E-state index in [0.29, 0.717) is 19.6 Å². The highest BCUT2D eigenvalue weighted by atomic mass is 16.5. The van der Waals surface area contributed by atoms with Crippen LogP contribution in [0.3, 0.4) is 0 Å². The molecule has 2 rings (SSSR count). The van der Waals surface area contributed by atoms with Crippen molar-refractivity contribution in [2.75, 3.05) is 13.2 Å². The van der Waals surface area contributed by atoms with Crippen molar-refractivity contribution >= 4 is 5.91 Å². The van der Waals surface area contributed by atoms with Gasteiger partial charge in [0.05, 0.1) is 6.61 Å². The van der Waals surface area contributed by atoms with Gasteiger partial charge in [0.15, 0.2) is 17.2 Å². The van der Waals surface area contributed by atoms with Crippen molar-refractivity contribution in [3.63, 3.8) is 0 Å². The monoisotopic (exact) mass is 331 g/mol. The summed E-state index contributed by atoms with van der Waals surface area (Å²) in [5.74, 6) is -1.36. The van der Waals surface area contributed by atoms with Gasteiger partial charge in [-0.25, -0.2) is 0 Å². The lowest BCUT2D eigenvalue weighted by atomic mass is 10.1. The van der Waals surface area contributed by atoms with Crippen LogP contribution in [0.1, 0.15) is 27.9 Å². The van der Waals surface area contributed by atoms with Gasteiger partial charge in [0, 0.05) is 12.1 Å². The van der Waals surface area contributed by atoms with Crippen LogP contribution in [0.25, 0.3) is 0 Å². The molecule has 2 aromatic rings. The van der Waals surface area contributed by atoms with Gasteiger partial charge in [-0.3, -0.25) is 4.79 Å². The van der Waals surface area contributed by atoms with Crippen molar-refractivity contribution in [3.8, 4) is 23.0 Å². The first-order valence-electron chi connectivity index (χ1n) is 7.61. The third-order valence-corrected chi connectivity index (χ3v) is 3.53. The smallest absolute Gasteiger partial charge is 0.251 e. The molecule has 0 atom stereocenters. The Bertz CT molecular complexity index is 719. The minimum atomic E-state index is -0.645. The van der Waals surface area contributed by atoms with Crippen LogP contribution >= 0.6 is 0 Å². The molecule has 0 aliphatic rings. The van der Waals surface area contributed by atoms with Crippen LogP contribution < -0.4 is 10.1 Å². The number of nitrogens with one attached hydrogen (secondary N) is 1. The summed E-state index contributed by atoms with van der Waals surface area (Å²) in [6, 6.07) is 8.13. The fourth-order valence-electron chi connectivity index (χ4n) is 2.25. The van der Waals surface area contributed by atoms with E-state index in [1.165, 1.54) is 5.56 Å². The Balaban J connectivity index is 1.79. The molecule has 128 valence electrons. The van der Waals surface area contributed by atoms with E-state index < -0.39 is 23.2 Å². The molecule has 0 aliphatic carbocycles. The second-order valence-corrected chi connectivity index (χ2v) is 5.59. The van der Waals surface area contributed by atoms with E-state index in [-0.39, 0.29) is 5.56 Å². The maximum absolute atomic E-state index is 11.9. The van der Waals surface area contributed by atoms with Gasteiger partial charge in [-0.15, -0.1) is 0 Å². The van der Waals surface area contributed by atoms with E-state index in [1.807, 2.05) is 32.0 Å². The zero-order valence-electron chi connectivity index (χ0n) is 13.7. The van der Waals surface area contributed by atoms with E-state index in [4.69, 9.17) is 4.74 Å². The normalized spacial score (nSPS) is 10.4. The van der Waals surface area contributed by atoms with Crippen LogP contribution in [0.5, 0.6) is 23.0 Å². The fraction of sp³-hybridized carbons (Fsp3) is 0.278. The second-order valence-electron chi connectivity index (χ2n) is 5.59. The van der Waals surface area contributed by atoms with Crippen LogP contribution in [0.2, 0.25) is 0 Å². The maximum atomic E-state index is 11.9. The molecule has 0 heterocycles. The number of benzene rings is 2. The molecule has 0 bridgehead atoms. The largest absolute Gasteiger partial charge is 0.504 e. The van der Waals surface area contributed by atoms with Crippen LogP contribution in [0, 0.1) is 13.8 Å². The van der Waals surface area contributed by atoms with Gasteiger partial charge < -0.3 is 25.4 Å². The number of hydrogen-bond acceptors (Lipinski definition) is 5. The number of aromatic hydroxyl groups is 3. The third kappa shape index (κ3) is 4.32. The van der Waals surface area contributed by atoms with E-state index in [9.17, 15) is 20.1 Å². The molecule has 0 aliphatic heterocycles. The summed E-state index contributed by atoms with van der Waals surface area (Å²) in [6.07, 6.45) is 0.606. The summed E-state index contributed by atoms with van der Waals surface area (Å²) in [6.45, 7) is 4.83. The van der Waals surface area contributed by atoms with E-state index in [2.05, 4.69) is 5.32 Å². The summed E-state index contributed by atoms with van der Waals surface area (Å²) in [7, 11) is 0. The predicted molar refractivity (Wildman–Crippen MR) is 89.8 cm³/mol. The molecular weight excluding hydrogens is 310 g/mol. The molecule has 6 heteroatoms. The molecule has 0 unspecified atom stereocenters.